The summed E-state index contributed by atoms with van der Waals surface area (Å²) in [7, 11) is 1.67. The Bertz CT molecular complexity index is 491. The molecule has 0 heterocycles. The van der Waals surface area contributed by atoms with Crippen LogP contribution in [0, 0.1) is 0 Å². The number of nitrogens with two attached hydrogens (primary N) is 1. The van der Waals surface area contributed by atoms with E-state index in [0.29, 0.717) is 12.6 Å². The molecule has 1 aliphatic rings. The number of methoxy groups -OCH3 is 1. The van der Waals surface area contributed by atoms with Crippen LogP contribution in [0.25, 0.3) is 0 Å². The molecular formula is C19H28N2O2. The molecule has 0 spiro atoms. The van der Waals surface area contributed by atoms with Crippen LogP contribution in [0.1, 0.15) is 18.4 Å². The van der Waals surface area contributed by atoms with E-state index in [1.54, 1.807) is 7.11 Å². The zero-order chi connectivity index (χ0) is 16.7. The number of ether oxygens (including phenoxy) is 2. The molecular weight excluding hydrogens is 288 g/mol. The van der Waals surface area contributed by atoms with E-state index in [2.05, 4.69) is 18.1 Å². The quantitative estimate of drug-likeness (QED) is 0.712. The second-order valence-electron chi connectivity index (χ2n) is 6.01. The summed E-state index contributed by atoms with van der Waals surface area (Å²) < 4.78 is 11.2. The van der Waals surface area contributed by atoms with Gasteiger partial charge in [-0.2, -0.15) is 0 Å². The van der Waals surface area contributed by atoms with Crippen molar-refractivity contribution < 1.29 is 9.47 Å². The minimum Gasteiger partial charge on any atom is -0.497 e. The van der Waals surface area contributed by atoms with Crippen LogP contribution in [0.5, 0.6) is 5.75 Å². The molecule has 1 aromatic carbocycles. The highest BCUT2D eigenvalue weighted by Crippen LogP contribution is 2.27. The number of benzene rings is 1. The summed E-state index contributed by atoms with van der Waals surface area (Å²) in [5, 5.41) is 0. The lowest BCUT2D eigenvalue weighted by Crippen LogP contribution is -2.44. The van der Waals surface area contributed by atoms with Crippen LogP contribution in [-0.4, -0.2) is 43.3 Å². The highest BCUT2D eigenvalue weighted by atomic mass is 16.5. The molecule has 0 saturated heterocycles. The summed E-state index contributed by atoms with van der Waals surface area (Å²) in [5.41, 5.74) is 7.48. The maximum absolute atomic E-state index is 6.33. The zero-order valence-corrected chi connectivity index (χ0v) is 14.0. The van der Waals surface area contributed by atoms with Crippen LogP contribution >= 0.6 is 0 Å². The summed E-state index contributed by atoms with van der Waals surface area (Å²) in [5.74, 6) is 0.862. The Morgan fingerprint density at radius 3 is 2.39 bits per heavy atom. The fourth-order valence-electron chi connectivity index (χ4n) is 3.17. The van der Waals surface area contributed by atoms with Gasteiger partial charge in [-0.3, -0.25) is 4.90 Å². The van der Waals surface area contributed by atoms with Gasteiger partial charge in [-0.25, -0.2) is 0 Å². The summed E-state index contributed by atoms with van der Waals surface area (Å²) in [6.45, 7) is 9.93. The molecule has 0 unspecified atom stereocenters. The van der Waals surface area contributed by atoms with Crippen molar-refractivity contribution in [3.8, 4) is 5.75 Å². The van der Waals surface area contributed by atoms with Gasteiger partial charge < -0.3 is 15.2 Å². The van der Waals surface area contributed by atoms with Crippen molar-refractivity contribution in [1.29, 1.82) is 0 Å². The highest BCUT2D eigenvalue weighted by Gasteiger charge is 2.35. The van der Waals surface area contributed by atoms with Crippen molar-refractivity contribution in [3.05, 3.63) is 55.1 Å². The molecule has 3 atom stereocenters. The van der Waals surface area contributed by atoms with E-state index in [1.807, 2.05) is 36.4 Å². The maximum Gasteiger partial charge on any atom is 0.118 e. The maximum atomic E-state index is 6.33. The monoisotopic (exact) mass is 316 g/mol. The van der Waals surface area contributed by atoms with Crippen molar-refractivity contribution in [1.82, 2.24) is 4.90 Å². The van der Waals surface area contributed by atoms with Crippen molar-refractivity contribution >= 4 is 0 Å². The van der Waals surface area contributed by atoms with Crippen LogP contribution in [0.3, 0.4) is 0 Å². The van der Waals surface area contributed by atoms with Gasteiger partial charge in [-0.1, -0.05) is 24.3 Å². The molecule has 0 radical (unpaired) electrons. The largest absolute Gasteiger partial charge is 0.497 e. The molecule has 0 aromatic heterocycles. The Kier molecular flexibility index (Phi) is 6.84. The molecule has 1 fully saturated rings. The summed E-state index contributed by atoms with van der Waals surface area (Å²) >= 11 is 0. The molecule has 126 valence electrons. The average Bonchev–Trinajstić information content (AvgIpc) is 2.94. The topological polar surface area (TPSA) is 47.7 Å². The first kappa shape index (κ1) is 17.7. The van der Waals surface area contributed by atoms with E-state index in [9.17, 15) is 0 Å². The predicted molar refractivity (Wildman–Crippen MR) is 94.5 cm³/mol. The van der Waals surface area contributed by atoms with Gasteiger partial charge in [0, 0.05) is 25.2 Å². The standard InChI is InChI=1S/C19H28N2O2/c1-4-10-21(11-5-2)19-13-17(12-18(19)20)23-14-15-6-8-16(22-3)9-7-15/h4-9,17-19H,1-2,10-14,20H2,3H3/t17-,18+,19-/m1/s1. The van der Waals surface area contributed by atoms with Gasteiger partial charge >= 0.3 is 0 Å². The Hall–Kier alpha value is -1.62. The molecule has 2 N–H and O–H groups in total. The van der Waals surface area contributed by atoms with Crippen molar-refractivity contribution in [2.45, 2.75) is 37.6 Å². The van der Waals surface area contributed by atoms with Crippen LogP contribution < -0.4 is 10.5 Å². The predicted octanol–water partition coefficient (Wildman–Crippen LogP) is 2.74. The zero-order valence-electron chi connectivity index (χ0n) is 14.0. The average molecular weight is 316 g/mol. The summed E-state index contributed by atoms with van der Waals surface area (Å²) in [6.07, 6.45) is 5.89. The second-order valence-corrected chi connectivity index (χ2v) is 6.01. The Morgan fingerprint density at radius 2 is 1.83 bits per heavy atom. The fourth-order valence-corrected chi connectivity index (χ4v) is 3.17. The van der Waals surface area contributed by atoms with Crippen LogP contribution in [-0.2, 0) is 11.3 Å². The van der Waals surface area contributed by atoms with Crippen molar-refractivity contribution in [3.63, 3.8) is 0 Å². The molecule has 0 amide bonds. The van der Waals surface area contributed by atoms with Gasteiger partial charge in [0.1, 0.15) is 5.75 Å². The Morgan fingerprint density at radius 1 is 1.17 bits per heavy atom. The lowest BCUT2D eigenvalue weighted by molar-refractivity contribution is 0.0401. The summed E-state index contributed by atoms with van der Waals surface area (Å²) in [6, 6.07) is 8.44. The molecule has 23 heavy (non-hydrogen) atoms. The van der Waals surface area contributed by atoms with E-state index in [-0.39, 0.29) is 12.1 Å². The van der Waals surface area contributed by atoms with E-state index >= 15 is 0 Å². The fraction of sp³-hybridized carbons (Fsp3) is 0.474. The van der Waals surface area contributed by atoms with Crippen LogP contribution in [0.4, 0.5) is 0 Å². The smallest absolute Gasteiger partial charge is 0.118 e. The van der Waals surface area contributed by atoms with E-state index in [0.717, 1.165) is 37.2 Å². The molecule has 4 heteroatoms. The Balaban J connectivity index is 1.87. The normalized spacial score (nSPS) is 23.9. The molecule has 2 rings (SSSR count). The van der Waals surface area contributed by atoms with Gasteiger partial charge in [0.15, 0.2) is 0 Å². The molecule has 1 aliphatic carbocycles. The number of hydrogen-bond acceptors (Lipinski definition) is 4. The third-order valence-corrected chi connectivity index (χ3v) is 4.37. The van der Waals surface area contributed by atoms with Crippen LogP contribution in [0.2, 0.25) is 0 Å². The van der Waals surface area contributed by atoms with E-state index in [1.165, 1.54) is 0 Å². The van der Waals surface area contributed by atoms with Gasteiger partial charge in [0.05, 0.1) is 19.8 Å². The van der Waals surface area contributed by atoms with E-state index < -0.39 is 0 Å². The first-order valence-electron chi connectivity index (χ1n) is 8.13. The second kappa shape index (κ2) is 8.87. The van der Waals surface area contributed by atoms with Crippen molar-refractivity contribution in [2.24, 2.45) is 5.73 Å². The first-order chi connectivity index (χ1) is 11.2. The van der Waals surface area contributed by atoms with Crippen molar-refractivity contribution in [2.75, 3.05) is 20.2 Å². The highest BCUT2D eigenvalue weighted by molar-refractivity contribution is 5.26. The third kappa shape index (κ3) is 4.93. The van der Waals surface area contributed by atoms with E-state index in [4.69, 9.17) is 15.2 Å². The molecule has 4 nitrogen and oxygen atoms in total. The lowest BCUT2D eigenvalue weighted by Gasteiger charge is -2.29. The molecule has 1 aromatic rings. The molecule has 1 saturated carbocycles. The van der Waals surface area contributed by atoms with Gasteiger partial charge in [0.25, 0.3) is 0 Å². The minimum atomic E-state index is 0.135. The van der Waals surface area contributed by atoms with Gasteiger partial charge in [-0.15, -0.1) is 13.2 Å². The number of rotatable bonds is 9. The summed E-state index contributed by atoms with van der Waals surface area (Å²) in [4.78, 5) is 2.32. The minimum absolute atomic E-state index is 0.135. The SMILES string of the molecule is C=CCN(CC=C)[C@@H]1C[C@H](OCc2ccc(OC)cc2)C[C@@H]1N. The molecule has 0 bridgehead atoms. The lowest BCUT2D eigenvalue weighted by atomic mass is 10.1. The Labute approximate surface area is 139 Å². The first-order valence-corrected chi connectivity index (χ1v) is 8.13. The number of hydrogen-bond donors (Lipinski definition) is 1. The van der Waals surface area contributed by atoms with Crippen LogP contribution in [0.15, 0.2) is 49.6 Å². The molecule has 0 aliphatic heterocycles. The number of nitrogens with zero attached hydrogens (tertiary/aromatic N) is 1. The van der Waals surface area contributed by atoms with Gasteiger partial charge in [0.2, 0.25) is 0 Å². The van der Waals surface area contributed by atoms with Gasteiger partial charge in [-0.05, 0) is 30.5 Å². The third-order valence-electron chi connectivity index (χ3n) is 4.37.